The summed E-state index contributed by atoms with van der Waals surface area (Å²) in [4.78, 5) is 56.1. The number of amides is 2. The number of rotatable bonds is 8. The minimum Gasteiger partial charge on any atom is -0.342 e. The fraction of sp³-hybridized carbons (Fsp3) is 0.114. The lowest BCUT2D eigenvalue weighted by Gasteiger charge is -2.19. The Bertz CT molecular complexity index is 1970. The van der Waals surface area contributed by atoms with Crippen LogP contribution in [-0.4, -0.2) is 60.8 Å². The Kier molecular flexibility index (Phi) is 11.0. The minimum absolute atomic E-state index is 0. The summed E-state index contributed by atoms with van der Waals surface area (Å²) in [6.45, 7) is 3.66. The lowest BCUT2D eigenvalue weighted by atomic mass is 10.1. The summed E-state index contributed by atoms with van der Waals surface area (Å²) >= 11 is 0. The van der Waals surface area contributed by atoms with E-state index in [1.165, 1.54) is 37.1 Å². The van der Waals surface area contributed by atoms with E-state index in [1.807, 2.05) is 6.92 Å². The van der Waals surface area contributed by atoms with Crippen molar-refractivity contribution in [2.45, 2.75) is 13.8 Å². The van der Waals surface area contributed by atoms with Gasteiger partial charge in [-0.1, -0.05) is 0 Å². The molecule has 2 aromatic carbocycles. The molecule has 0 aliphatic rings. The van der Waals surface area contributed by atoms with Crippen LogP contribution in [0.3, 0.4) is 0 Å². The number of halogens is 2. The number of hydrogen-bond acceptors (Lipinski definition) is 11. The van der Waals surface area contributed by atoms with Gasteiger partial charge in [0, 0.05) is 57.5 Å². The summed E-state index contributed by atoms with van der Waals surface area (Å²) in [5, 5.41) is 5.28. The van der Waals surface area contributed by atoms with Gasteiger partial charge in [-0.3, -0.25) is 19.9 Å². The number of benzene rings is 2. The van der Waals surface area contributed by atoms with Gasteiger partial charge >= 0.3 is 0 Å². The normalized spacial score (nSPS) is 10.4. The number of nitrogens with one attached hydrogen (secondary N) is 2. The van der Waals surface area contributed by atoms with Crippen LogP contribution in [0.2, 0.25) is 0 Å². The van der Waals surface area contributed by atoms with Crippen LogP contribution >= 0.6 is 0 Å². The quantitative estimate of drug-likeness (QED) is 0.180. The molecule has 0 fully saturated rings. The van der Waals surface area contributed by atoms with Crippen molar-refractivity contribution in [3.05, 3.63) is 139 Å². The van der Waals surface area contributed by atoms with Crippen LogP contribution in [0.5, 0.6) is 0 Å². The molecule has 0 radical (unpaired) electrons. The second-order valence-corrected chi connectivity index (χ2v) is 10.9. The highest BCUT2D eigenvalue weighted by Gasteiger charge is 2.15. The van der Waals surface area contributed by atoms with E-state index in [0.717, 1.165) is 11.6 Å². The smallest absolute Gasteiger partial charge is 0.258 e. The van der Waals surface area contributed by atoms with Crippen LogP contribution in [0.25, 0.3) is 0 Å². The molecule has 0 atom stereocenters. The third kappa shape index (κ3) is 9.19. The third-order valence-corrected chi connectivity index (χ3v) is 7.09. The molecule has 0 saturated heterocycles. The second-order valence-electron chi connectivity index (χ2n) is 10.9. The Morgan fingerprint density at radius 1 is 0.640 bits per heavy atom. The van der Waals surface area contributed by atoms with Crippen LogP contribution in [0.15, 0.2) is 105 Å². The van der Waals surface area contributed by atoms with E-state index in [4.69, 9.17) is 0 Å². The zero-order valence-corrected chi connectivity index (χ0v) is 27.4. The van der Waals surface area contributed by atoms with Crippen LogP contribution in [-0.2, 0) is 0 Å². The van der Waals surface area contributed by atoms with E-state index in [2.05, 4.69) is 45.5 Å². The Hall–Kier alpha value is -6.77. The van der Waals surface area contributed by atoms with E-state index in [-0.39, 0.29) is 19.9 Å². The first-order valence-corrected chi connectivity index (χ1v) is 15.0. The number of carbonyl (C=O) groups excluding carboxylic acids is 2. The zero-order chi connectivity index (χ0) is 35.6. The molecule has 0 aliphatic heterocycles. The SMILES string of the molecule is Cc1ccnc(NC(=O)c2cc(F)cc(N(C)c3cncnc3)c2)n1.Cc1cncc(NC(=O)c2cc(F)cc(N(C)c3cncnc3)c2)c1.[HH].[HH]. The molecule has 15 heteroatoms. The Labute approximate surface area is 289 Å². The molecule has 2 N–H and O–H groups in total. The summed E-state index contributed by atoms with van der Waals surface area (Å²) in [6, 6.07) is 11.7. The van der Waals surface area contributed by atoms with Crippen LogP contribution in [0, 0.1) is 25.5 Å². The lowest BCUT2D eigenvalue weighted by molar-refractivity contribution is 0.101. The van der Waals surface area contributed by atoms with Crippen molar-refractivity contribution in [3.8, 4) is 0 Å². The topological polar surface area (TPSA) is 155 Å². The lowest BCUT2D eigenvalue weighted by Crippen LogP contribution is -2.16. The first-order valence-electron chi connectivity index (χ1n) is 15.0. The standard InChI is InChI=1S/C18H16FN5O.C17H15FN6O.2H2/c1-12-3-15(8-20-7-12)23-18(25)13-4-14(19)6-16(5-13)24(2)17-9-21-11-22-10-17;1-11-3-4-21-17(22-11)23-16(25)12-5-13(18)7-14(6-12)24(2)15-8-19-10-20-9-15;;/h3-11H,1-2H3,(H,23,25);3-10H,1-2H3,(H,21,22,23,25);2*1H. The number of anilines is 6. The van der Waals surface area contributed by atoms with Gasteiger partial charge < -0.3 is 15.1 Å². The first kappa shape index (κ1) is 34.6. The number of carbonyl (C=O) groups is 2. The van der Waals surface area contributed by atoms with Crippen molar-refractivity contribution in [2.24, 2.45) is 0 Å². The van der Waals surface area contributed by atoms with Crippen LogP contribution in [0.4, 0.5) is 43.2 Å². The van der Waals surface area contributed by atoms with Gasteiger partial charge in [0.1, 0.15) is 24.3 Å². The molecule has 0 saturated carbocycles. The summed E-state index contributed by atoms with van der Waals surface area (Å²) < 4.78 is 28.0. The fourth-order valence-corrected chi connectivity index (χ4v) is 4.53. The summed E-state index contributed by atoms with van der Waals surface area (Å²) in [5.74, 6) is -1.78. The fourth-order valence-electron chi connectivity index (χ4n) is 4.53. The average Bonchev–Trinajstić information content (AvgIpc) is 3.11. The van der Waals surface area contributed by atoms with Crippen LogP contribution < -0.4 is 20.4 Å². The Morgan fingerprint density at radius 3 is 1.66 bits per heavy atom. The summed E-state index contributed by atoms with van der Waals surface area (Å²) in [5.41, 5.74) is 4.91. The molecule has 2 amide bonds. The van der Waals surface area contributed by atoms with Gasteiger partial charge in [-0.15, -0.1) is 0 Å². The molecule has 0 bridgehead atoms. The highest BCUT2D eigenvalue weighted by molar-refractivity contribution is 6.05. The van der Waals surface area contributed by atoms with Crippen molar-refractivity contribution in [1.82, 2.24) is 34.9 Å². The number of hydrogen-bond donors (Lipinski definition) is 2. The zero-order valence-electron chi connectivity index (χ0n) is 27.4. The van der Waals surface area contributed by atoms with Crippen molar-refractivity contribution in [1.29, 1.82) is 0 Å². The average molecular weight is 680 g/mol. The molecule has 6 aromatic rings. The van der Waals surface area contributed by atoms with Gasteiger partial charge in [0.15, 0.2) is 0 Å². The van der Waals surface area contributed by atoms with E-state index >= 15 is 0 Å². The van der Waals surface area contributed by atoms with E-state index < -0.39 is 23.4 Å². The minimum atomic E-state index is -0.531. The summed E-state index contributed by atoms with van der Waals surface area (Å²) in [7, 11) is 3.48. The van der Waals surface area contributed by atoms with Crippen LogP contribution in [0.1, 0.15) is 34.8 Å². The maximum Gasteiger partial charge on any atom is 0.258 e. The van der Waals surface area contributed by atoms with E-state index in [0.29, 0.717) is 34.1 Å². The predicted octanol–water partition coefficient (Wildman–Crippen LogP) is 6.57. The molecule has 0 aliphatic carbocycles. The van der Waals surface area contributed by atoms with Gasteiger partial charge in [0.2, 0.25) is 5.95 Å². The van der Waals surface area contributed by atoms with Gasteiger partial charge in [-0.2, -0.15) is 0 Å². The summed E-state index contributed by atoms with van der Waals surface area (Å²) in [6.07, 6.45) is 14.0. The van der Waals surface area contributed by atoms with Crippen molar-refractivity contribution in [3.63, 3.8) is 0 Å². The Balaban J connectivity index is 0.000000270. The molecular weight excluding hydrogens is 644 g/mol. The molecule has 0 spiro atoms. The largest absolute Gasteiger partial charge is 0.342 e. The molecule has 4 heterocycles. The maximum atomic E-state index is 14.0. The number of nitrogens with zero attached hydrogens (tertiary/aromatic N) is 9. The molecule has 6 rings (SSSR count). The molecule has 50 heavy (non-hydrogen) atoms. The first-order chi connectivity index (χ1) is 24.0. The highest BCUT2D eigenvalue weighted by atomic mass is 19.1. The maximum absolute atomic E-state index is 14.0. The van der Waals surface area contributed by atoms with Crippen molar-refractivity contribution >= 4 is 46.2 Å². The molecule has 4 aromatic heterocycles. The van der Waals surface area contributed by atoms with Gasteiger partial charge in [0.05, 0.1) is 48.0 Å². The molecule has 13 nitrogen and oxygen atoms in total. The van der Waals surface area contributed by atoms with Gasteiger partial charge in [-0.25, -0.2) is 38.7 Å². The predicted molar refractivity (Wildman–Crippen MR) is 189 cm³/mol. The molecule has 0 unspecified atom stereocenters. The number of aromatic nitrogens is 7. The van der Waals surface area contributed by atoms with Gasteiger partial charge in [0.25, 0.3) is 11.8 Å². The van der Waals surface area contributed by atoms with Gasteiger partial charge in [-0.05, 0) is 67.9 Å². The molecular formula is C35H35F2N11O2. The van der Waals surface area contributed by atoms with Crippen molar-refractivity contribution in [2.75, 3.05) is 34.5 Å². The van der Waals surface area contributed by atoms with Crippen molar-refractivity contribution < 1.29 is 21.2 Å². The highest BCUT2D eigenvalue weighted by Crippen LogP contribution is 2.26. The van der Waals surface area contributed by atoms with E-state index in [9.17, 15) is 18.4 Å². The Morgan fingerprint density at radius 2 is 1.16 bits per heavy atom. The number of aryl methyl sites for hydroxylation is 2. The monoisotopic (exact) mass is 679 g/mol. The third-order valence-electron chi connectivity index (χ3n) is 7.09. The second kappa shape index (κ2) is 15.9. The number of pyridine rings is 1. The van der Waals surface area contributed by atoms with E-state index in [1.54, 1.807) is 92.3 Å². The molecule has 256 valence electrons.